The van der Waals surface area contributed by atoms with E-state index in [1.807, 2.05) is 0 Å². The number of fused-ring (bicyclic) bond motifs is 1. The van der Waals surface area contributed by atoms with Crippen molar-refractivity contribution in [2.24, 2.45) is 0 Å². The van der Waals surface area contributed by atoms with E-state index in [0.717, 1.165) is 5.56 Å². The van der Waals surface area contributed by atoms with Crippen molar-refractivity contribution < 1.29 is 9.74 Å². The van der Waals surface area contributed by atoms with Crippen LogP contribution in [0.5, 0.6) is 0 Å². The third kappa shape index (κ3) is 1.06. The molecule has 1 aromatic heterocycles. The second-order valence-corrected chi connectivity index (χ2v) is 2.69. The van der Waals surface area contributed by atoms with Gasteiger partial charge in [-0.15, -0.1) is 0 Å². The molecular weight excluding hydrogens is 156 g/mol. The number of rotatable bonds is 1. The summed E-state index contributed by atoms with van der Waals surface area (Å²) in [6.07, 6.45) is -0.480. The third-order valence-electron chi connectivity index (χ3n) is 1.76. The van der Waals surface area contributed by atoms with Gasteiger partial charge in [0.15, 0.2) is 0 Å². The first-order valence-corrected chi connectivity index (χ1v) is 3.67. The summed E-state index contributed by atoms with van der Waals surface area (Å²) >= 11 is 0. The lowest BCUT2D eigenvalue weighted by atomic mass is 10.1. The van der Waals surface area contributed by atoms with Gasteiger partial charge in [0.25, 0.3) is 0 Å². The molecule has 12 heavy (non-hydrogen) atoms. The summed E-state index contributed by atoms with van der Waals surface area (Å²) in [5.74, 6) is 0. The van der Waals surface area contributed by atoms with Gasteiger partial charge in [-0.2, -0.15) is 0 Å². The second kappa shape index (κ2) is 2.57. The highest BCUT2D eigenvalue weighted by Crippen LogP contribution is 2.16. The SMILES string of the molecule is CC(O)c1ccc2nonc2c1. The summed E-state index contributed by atoms with van der Waals surface area (Å²) in [6.45, 7) is 1.70. The molecule has 0 fully saturated rings. The quantitative estimate of drug-likeness (QED) is 0.689. The molecule has 1 heterocycles. The number of benzene rings is 1. The first-order chi connectivity index (χ1) is 5.77. The number of aliphatic hydroxyl groups excluding tert-OH is 1. The Kier molecular flexibility index (Phi) is 1.55. The molecule has 0 radical (unpaired) electrons. The van der Waals surface area contributed by atoms with Crippen molar-refractivity contribution in [2.45, 2.75) is 13.0 Å². The predicted octanol–water partition coefficient (Wildman–Crippen LogP) is 1.28. The van der Waals surface area contributed by atoms with Gasteiger partial charge in [0.05, 0.1) is 6.10 Å². The van der Waals surface area contributed by atoms with Crippen LogP contribution in [-0.4, -0.2) is 15.4 Å². The molecule has 0 amide bonds. The lowest BCUT2D eigenvalue weighted by molar-refractivity contribution is 0.199. The molecule has 1 atom stereocenters. The highest BCUT2D eigenvalue weighted by Gasteiger charge is 2.04. The van der Waals surface area contributed by atoms with E-state index in [4.69, 9.17) is 0 Å². The van der Waals surface area contributed by atoms with Gasteiger partial charge in [0.1, 0.15) is 11.0 Å². The average molecular weight is 164 g/mol. The van der Waals surface area contributed by atoms with E-state index in [2.05, 4.69) is 14.9 Å². The zero-order chi connectivity index (χ0) is 8.55. The molecule has 0 aliphatic carbocycles. The zero-order valence-electron chi connectivity index (χ0n) is 6.56. The zero-order valence-corrected chi connectivity index (χ0v) is 6.56. The molecule has 1 N–H and O–H groups in total. The Morgan fingerprint density at radius 3 is 2.83 bits per heavy atom. The Morgan fingerprint density at radius 1 is 1.33 bits per heavy atom. The molecule has 2 rings (SSSR count). The summed E-state index contributed by atoms with van der Waals surface area (Å²) in [7, 11) is 0. The first kappa shape index (κ1) is 7.24. The van der Waals surface area contributed by atoms with Crippen LogP contribution in [0.15, 0.2) is 22.8 Å². The van der Waals surface area contributed by atoms with E-state index in [1.165, 1.54) is 0 Å². The van der Waals surface area contributed by atoms with Gasteiger partial charge in [-0.1, -0.05) is 6.07 Å². The highest BCUT2D eigenvalue weighted by atomic mass is 16.6. The second-order valence-electron chi connectivity index (χ2n) is 2.69. The normalized spacial score (nSPS) is 13.5. The van der Waals surface area contributed by atoms with Crippen LogP contribution in [0, 0.1) is 0 Å². The molecule has 0 aliphatic rings. The molecule has 1 unspecified atom stereocenters. The number of aromatic nitrogens is 2. The van der Waals surface area contributed by atoms with Crippen LogP contribution in [0.1, 0.15) is 18.6 Å². The first-order valence-electron chi connectivity index (χ1n) is 3.67. The maximum atomic E-state index is 9.24. The monoisotopic (exact) mass is 164 g/mol. The Labute approximate surface area is 68.8 Å². The summed E-state index contributed by atoms with van der Waals surface area (Å²) < 4.78 is 4.52. The van der Waals surface area contributed by atoms with Crippen molar-refractivity contribution in [1.82, 2.24) is 10.3 Å². The maximum Gasteiger partial charge on any atom is 0.135 e. The molecule has 1 aromatic carbocycles. The fraction of sp³-hybridized carbons (Fsp3) is 0.250. The average Bonchev–Trinajstić information content (AvgIpc) is 2.49. The number of hydrogen-bond donors (Lipinski definition) is 1. The van der Waals surface area contributed by atoms with Gasteiger partial charge in [-0.05, 0) is 34.9 Å². The van der Waals surface area contributed by atoms with Gasteiger partial charge in [0.2, 0.25) is 0 Å². The van der Waals surface area contributed by atoms with Crippen LogP contribution in [0.2, 0.25) is 0 Å². The summed E-state index contributed by atoms with van der Waals surface area (Å²) in [6, 6.07) is 5.33. The Balaban J connectivity index is 2.60. The molecule has 62 valence electrons. The molecule has 0 spiro atoms. The predicted molar refractivity (Wildman–Crippen MR) is 42.4 cm³/mol. The summed E-state index contributed by atoms with van der Waals surface area (Å²) in [5.41, 5.74) is 2.20. The van der Waals surface area contributed by atoms with Crippen LogP contribution in [-0.2, 0) is 0 Å². The lowest BCUT2D eigenvalue weighted by Crippen LogP contribution is -1.89. The van der Waals surface area contributed by atoms with Crippen molar-refractivity contribution in [1.29, 1.82) is 0 Å². The van der Waals surface area contributed by atoms with Crippen molar-refractivity contribution in [3.63, 3.8) is 0 Å². The minimum Gasteiger partial charge on any atom is -0.389 e. The van der Waals surface area contributed by atoms with Crippen LogP contribution in [0.25, 0.3) is 11.0 Å². The van der Waals surface area contributed by atoms with E-state index in [9.17, 15) is 5.11 Å². The maximum absolute atomic E-state index is 9.24. The standard InChI is InChI=1S/C8H8N2O2/c1-5(11)6-2-3-7-8(4-6)10-12-9-7/h2-5,11H,1H3. The molecule has 0 saturated heterocycles. The third-order valence-corrected chi connectivity index (χ3v) is 1.76. The molecule has 0 bridgehead atoms. The highest BCUT2D eigenvalue weighted by molar-refractivity contribution is 5.73. The van der Waals surface area contributed by atoms with Gasteiger partial charge in [0, 0.05) is 0 Å². The molecule has 4 heteroatoms. The van der Waals surface area contributed by atoms with Gasteiger partial charge in [-0.25, -0.2) is 4.63 Å². The van der Waals surface area contributed by atoms with Gasteiger partial charge in [-0.3, -0.25) is 0 Å². The van der Waals surface area contributed by atoms with Crippen molar-refractivity contribution in [3.8, 4) is 0 Å². The summed E-state index contributed by atoms with van der Waals surface area (Å²) in [4.78, 5) is 0. The van der Waals surface area contributed by atoms with Crippen molar-refractivity contribution in [2.75, 3.05) is 0 Å². The van der Waals surface area contributed by atoms with Crippen molar-refractivity contribution >= 4 is 11.0 Å². The number of aliphatic hydroxyl groups is 1. The molecule has 2 aromatic rings. The van der Waals surface area contributed by atoms with E-state index >= 15 is 0 Å². The Morgan fingerprint density at radius 2 is 2.08 bits per heavy atom. The van der Waals surface area contributed by atoms with Gasteiger partial charge >= 0.3 is 0 Å². The van der Waals surface area contributed by atoms with E-state index in [-0.39, 0.29) is 0 Å². The lowest BCUT2D eigenvalue weighted by Gasteiger charge is -2.01. The fourth-order valence-electron chi connectivity index (χ4n) is 1.06. The van der Waals surface area contributed by atoms with Crippen LogP contribution < -0.4 is 0 Å². The Bertz CT molecular complexity index is 395. The number of hydrogen-bond acceptors (Lipinski definition) is 4. The van der Waals surface area contributed by atoms with Crippen LogP contribution in [0.4, 0.5) is 0 Å². The fourth-order valence-corrected chi connectivity index (χ4v) is 1.06. The van der Waals surface area contributed by atoms with E-state index in [1.54, 1.807) is 25.1 Å². The molecule has 4 nitrogen and oxygen atoms in total. The minimum atomic E-state index is -0.480. The minimum absolute atomic E-state index is 0.480. The van der Waals surface area contributed by atoms with Crippen LogP contribution >= 0.6 is 0 Å². The molecular formula is C8H8N2O2. The molecule has 0 aliphatic heterocycles. The van der Waals surface area contributed by atoms with Crippen LogP contribution in [0.3, 0.4) is 0 Å². The van der Waals surface area contributed by atoms with Crippen molar-refractivity contribution in [3.05, 3.63) is 23.8 Å². The molecule has 0 saturated carbocycles. The Hall–Kier alpha value is -1.42. The summed E-state index contributed by atoms with van der Waals surface area (Å²) in [5, 5.41) is 16.6. The number of nitrogens with zero attached hydrogens (tertiary/aromatic N) is 2. The largest absolute Gasteiger partial charge is 0.389 e. The topological polar surface area (TPSA) is 59.2 Å². The van der Waals surface area contributed by atoms with E-state index in [0.29, 0.717) is 11.0 Å². The van der Waals surface area contributed by atoms with E-state index < -0.39 is 6.10 Å². The smallest absolute Gasteiger partial charge is 0.135 e. The van der Waals surface area contributed by atoms with Gasteiger partial charge < -0.3 is 5.11 Å².